The minimum absolute atomic E-state index is 0.220. The van der Waals surface area contributed by atoms with Crippen molar-refractivity contribution in [2.45, 2.75) is 77.9 Å². The molecule has 4 fully saturated rings. The molecule has 5 aliphatic rings. The molecule has 4 unspecified atom stereocenters. The normalized spacial score (nSPS) is 49.1. The lowest BCUT2D eigenvalue weighted by Crippen LogP contribution is -2.52. The van der Waals surface area contributed by atoms with E-state index in [2.05, 4.69) is 26.8 Å². The van der Waals surface area contributed by atoms with Gasteiger partial charge in [-0.1, -0.05) is 26.3 Å². The van der Waals surface area contributed by atoms with Crippen molar-refractivity contribution in [3.8, 4) is 0 Å². The highest BCUT2D eigenvalue weighted by molar-refractivity contribution is 5.53. The highest BCUT2D eigenvalue weighted by Gasteiger charge is 2.60. The average molecular weight is 373 g/mol. The van der Waals surface area contributed by atoms with Gasteiger partial charge < -0.3 is 14.3 Å². The van der Waals surface area contributed by atoms with Crippen molar-refractivity contribution in [3.05, 3.63) is 11.6 Å². The Hall–Kier alpha value is -0.670. The Morgan fingerprint density at radius 2 is 1.81 bits per heavy atom. The summed E-state index contributed by atoms with van der Waals surface area (Å²) in [6, 6.07) is 0. The van der Waals surface area contributed by atoms with Crippen molar-refractivity contribution in [2.75, 3.05) is 13.2 Å². The van der Waals surface area contributed by atoms with Gasteiger partial charge in [0.25, 0.3) is 0 Å². The Balaban J connectivity index is 1.43. The molecule has 0 bridgehead atoms. The van der Waals surface area contributed by atoms with Gasteiger partial charge in [-0.05, 0) is 85.5 Å². The van der Waals surface area contributed by atoms with Crippen LogP contribution >= 0.6 is 0 Å². The lowest BCUT2D eigenvalue weighted by atomic mass is 9.46. The third kappa shape index (κ3) is 2.50. The molecule has 0 aromatic heterocycles. The molecule has 0 aromatic carbocycles. The predicted molar refractivity (Wildman–Crippen MR) is 105 cm³/mol. The molecule has 4 aliphatic carbocycles. The van der Waals surface area contributed by atoms with Crippen LogP contribution in [0.15, 0.2) is 11.6 Å². The second-order valence-corrected chi connectivity index (χ2v) is 10.7. The van der Waals surface area contributed by atoms with Crippen LogP contribution < -0.4 is 0 Å². The number of aldehydes is 1. The maximum atomic E-state index is 11.5. The number of rotatable bonds is 2. The number of hydrogen-bond acceptors (Lipinski definition) is 3. The van der Waals surface area contributed by atoms with Crippen molar-refractivity contribution in [1.82, 2.24) is 0 Å². The first kappa shape index (κ1) is 18.4. The minimum atomic E-state index is -0.400. The molecular weight excluding hydrogens is 336 g/mol. The van der Waals surface area contributed by atoms with Gasteiger partial charge in [0.1, 0.15) is 6.29 Å². The van der Waals surface area contributed by atoms with Crippen LogP contribution in [-0.4, -0.2) is 25.3 Å². The van der Waals surface area contributed by atoms with Crippen LogP contribution in [0.3, 0.4) is 0 Å². The van der Waals surface area contributed by atoms with E-state index in [1.165, 1.54) is 51.2 Å². The van der Waals surface area contributed by atoms with Gasteiger partial charge in [-0.3, -0.25) is 0 Å². The summed E-state index contributed by atoms with van der Waals surface area (Å²) in [5.74, 6) is 2.88. The quantitative estimate of drug-likeness (QED) is 0.497. The number of carbonyl (C=O) groups is 1. The second kappa shape index (κ2) is 6.16. The predicted octanol–water partition coefficient (Wildman–Crippen LogP) is 5.14. The Kier molecular flexibility index (Phi) is 4.19. The highest BCUT2D eigenvalue weighted by Crippen LogP contribution is 2.68. The van der Waals surface area contributed by atoms with Gasteiger partial charge >= 0.3 is 0 Å². The highest BCUT2D eigenvalue weighted by atomic mass is 16.7. The molecule has 3 saturated carbocycles. The first-order valence-corrected chi connectivity index (χ1v) is 11.4. The molecule has 3 nitrogen and oxygen atoms in total. The van der Waals surface area contributed by atoms with Gasteiger partial charge in [0.05, 0.1) is 13.2 Å². The topological polar surface area (TPSA) is 35.5 Å². The molecule has 0 N–H and O–H groups in total. The Bertz CT molecular complexity index is 648. The van der Waals surface area contributed by atoms with Gasteiger partial charge in [-0.25, -0.2) is 0 Å². The van der Waals surface area contributed by atoms with Crippen molar-refractivity contribution >= 4 is 6.29 Å². The Morgan fingerprint density at radius 3 is 2.56 bits per heavy atom. The Morgan fingerprint density at radius 1 is 1.04 bits per heavy atom. The van der Waals surface area contributed by atoms with Crippen LogP contribution in [0.5, 0.6) is 0 Å². The van der Waals surface area contributed by atoms with Gasteiger partial charge in [0.2, 0.25) is 0 Å². The number of ether oxygens (including phenoxy) is 2. The van der Waals surface area contributed by atoms with E-state index >= 15 is 0 Å². The fraction of sp³-hybridized carbons (Fsp3) is 0.875. The molecule has 150 valence electrons. The molecule has 1 saturated heterocycles. The van der Waals surface area contributed by atoms with E-state index in [9.17, 15) is 4.79 Å². The van der Waals surface area contributed by atoms with E-state index in [0.717, 1.165) is 37.4 Å². The molecule has 1 heterocycles. The van der Waals surface area contributed by atoms with E-state index in [1.807, 2.05) is 0 Å². The number of allylic oxidation sites excluding steroid dienone is 1. The lowest BCUT2D eigenvalue weighted by molar-refractivity contribution is -0.144. The maximum Gasteiger partial charge on any atom is 0.188 e. The molecule has 1 aliphatic heterocycles. The molecule has 7 atom stereocenters. The first-order chi connectivity index (χ1) is 12.9. The van der Waals surface area contributed by atoms with Crippen LogP contribution in [0.1, 0.15) is 72.1 Å². The molecule has 3 heteroatoms. The molecular formula is C24H36O3. The summed E-state index contributed by atoms with van der Waals surface area (Å²) >= 11 is 0. The van der Waals surface area contributed by atoms with Crippen LogP contribution in [0.2, 0.25) is 0 Å². The van der Waals surface area contributed by atoms with Gasteiger partial charge in [-0.15, -0.1) is 0 Å². The Labute approximate surface area is 164 Å². The number of fused-ring (bicyclic) bond motifs is 5. The molecule has 1 spiro atoms. The third-order valence-corrected chi connectivity index (χ3v) is 9.82. The zero-order chi connectivity index (χ0) is 18.9. The van der Waals surface area contributed by atoms with Crippen molar-refractivity contribution < 1.29 is 14.3 Å². The van der Waals surface area contributed by atoms with Crippen LogP contribution in [0, 0.1) is 40.4 Å². The van der Waals surface area contributed by atoms with Crippen molar-refractivity contribution in [2.24, 2.45) is 40.4 Å². The third-order valence-electron chi connectivity index (χ3n) is 9.82. The second-order valence-electron chi connectivity index (χ2n) is 10.7. The summed E-state index contributed by atoms with van der Waals surface area (Å²) in [7, 11) is 0. The summed E-state index contributed by atoms with van der Waals surface area (Å²) in [5, 5.41) is 0. The van der Waals surface area contributed by atoms with Crippen molar-refractivity contribution in [1.29, 1.82) is 0 Å². The van der Waals surface area contributed by atoms with Crippen LogP contribution in [0.4, 0.5) is 0 Å². The molecule has 0 amide bonds. The standard InChI is InChI=1S/C24H36O3/c1-16(15-25)19-6-7-20-18-5-4-17-14-24(26-12-13-27-24)11-10-22(17,2)21(18)8-9-23(19,20)3/h14-16,18-21H,4-13H2,1-3H3/t16?,18?,19-,20?,21?,22+,23-/m1/s1. The van der Waals surface area contributed by atoms with Gasteiger partial charge in [-0.2, -0.15) is 0 Å². The van der Waals surface area contributed by atoms with Crippen molar-refractivity contribution in [3.63, 3.8) is 0 Å². The smallest absolute Gasteiger partial charge is 0.188 e. The van der Waals surface area contributed by atoms with Crippen LogP contribution in [-0.2, 0) is 14.3 Å². The summed E-state index contributed by atoms with van der Waals surface area (Å²) in [6.45, 7) is 8.70. The monoisotopic (exact) mass is 372 g/mol. The first-order valence-electron chi connectivity index (χ1n) is 11.4. The summed E-state index contributed by atoms with van der Waals surface area (Å²) in [5.41, 5.74) is 2.34. The average Bonchev–Trinajstić information content (AvgIpc) is 3.26. The summed E-state index contributed by atoms with van der Waals surface area (Å²) < 4.78 is 12.0. The fourth-order valence-corrected chi connectivity index (χ4v) is 8.38. The molecule has 5 rings (SSSR count). The largest absolute Gasteiger partial charge is 0.344 e. The molecule has 0 aromatic rings. The zero-order valence-electron chi connectivity index (χ0n) is 17.3. The van der Waals surface area contributed by atoms with Gasteiger partial charge in [0, 0.05) is 12.3 Å². The minimum Gasteiger partial charge on any atom is -0.344 e. The van der Waals surface area contributed by atoms with E-state index in [1.54, 1.807) is 5.57 Å². The molecule has 0 radical (unpaired) electrons. The van der Waals surface area contributed by atoms with Crippen LogP contribution in [0.25, 0.3) is 0 Å². The number of hydrogen-bond donors (Lipinski definition) is 0. The van der Waals surface area contributed by atoms with E-state index in [0.29, 0.717) is 16.7 Å². The lowest BCUT2D eigenvalue weighted by Gasteiger charge is -2.59. The number of carbonyl (C=O) groups excluding carboxylic acids is 1. The molecule has 27 heavy (non-hydrogen) atoms. The van der Waals surface area contributed by atoms with E-state index < -0.39 is 5.79 Å². The van der Waals surface area contributed by atoms with E-state index in [4.69, 9.17) is 9.47 Å². The summed E-state index contributed by atoms with van der Waals surface area (Å²) in [6.07, 6.45) is 13.6. The zero-order valence-corrected chi connectivity index (χ0v) is 17.3. The van der Waals surface area contributed by atoms with E-state index in [-0.39, 0.29) is 5.92 Å². The summed E-state index contributed by atoms with van der Waals surface area (Å²) in [4.78, 5) is 11.5. The fourth-order valence-electron chi connectivity index (χ4n) is 8.38. The SMILES string of the molecule is CC(C=O)[C@H]1CCC2C3CCC4=CC5(CC[C@]4(C)C3CC[C@@]21C)OCCO5. The van der Waals surface area contributed by atoms with Gasteiger partial charge in [0.15, 0.2) is 5.79 Å². The maximum absolute atomic E-state index is 11.5.